The molecule has 0 radical (unpaired) electrons. The van der Waals surface area contributed by atoms with Crippen LogP contribution in [0.2, 0.25) is 0 Å². The van der Waals surface area contributed by atoms with E-state index in [9.17, 15) is 4.79 Å². The maximum Gasteiger partial charge on any atom is 0.319 e. The summed E-state index contributed by atoms with van der Waals surface area (Å²) in [6.07, 6.45) is 3.02. The highest BCUT2D eigenvalue weighted by Gasteiger charge is 2.16. The zero-order chi connectivity index (χ0) is 9.56. The van der Waals surface area contributed by atoms with Gasteiger partial charge < -0.3 is 4.74 Å². The molecule has 72 valence electrons. The Balaban J connectivity index is 3.61. The quantitative estimate of drug-likeness (QED) is 0.542. The molecule has 1 unspecified atom stereocenters. The van der Waals surface area contributed by atoms with Crippen molar-refractivity contribution < 1.29 is 9.53 Å². The molecule has 3 heteroatoms. The zero-order valence-corrected chi connectivity index (χ0v) is 9.56. The minimum Gasteiger partial charge on any atom is -0.462 e. The molecule has 0 amide bonds. The summed E-state index contributed by atoms with van der Waals surface area (Å²) >= 11 is 3.30. The molecule has 0 N–H and O–H groups in total. The SMILES string of the molecule is CCCCC(Br)C(=O)OC(C)C. The maximum absolute atomic E-state index is 11.2. The fraction of sp³-hybridized carbons (Fsp3) is 0.889. The topological polar surface area (TPSA) is 26.3 Å². The molecule has 0 aromatic heterocycles. The summed E-state index contributed by atoms with van der Waals surface area (Å²) in [6, 6.07) is 0. The number of unbranched alkanes of at least 4 members (excludes halogenated alkanes) is 1. The van der Waals surface area contributed by atoms with Gasteiger partial charge in [-0.2, -0.15) is 0 Å². The van der Waals surface area contributed by atoms with Crippen LogP contribution in [0.25, 0.3) is 0 Å². The second-order valence-corrected chi connectivity index (χ2v) is 4.20. The lowest BCUT2D eigenvalue weighted by molar-refractivity contribution is -0.146. The Morgan fingerprint density at radius 2 is 2.08 bits per heavy atom. The standard InChI is InChI=1S/C9H17BrO2/c1-4-5-6-8(10)9(11)12-7(2)3/h7-8H,4-6H2,1-3H3. The van der Waals surface area contributed by atoms with E-state index < -0.39 is 0 Å². The van der Waals surface area contributed by atoms with Gasteiger partial charge in [-0.15, -0.1) is 0 Å². The van der Waals surface area contributed by atoms with E-state index in [0.717, 1.165) is 19.3 Å². The molecule has 0 heterocycles. The molecule has 2 nitrogen and oxygen atoms in total. The molecule has 0 aromatic rings. The normalized spacial score (nSPS) is 13.1. The van der Waals surface area contributed by atoms with Crippen LogP contribution in [0.5, 0.6) is 0 Å². The van der Waals surface area contributed by atoms with Gasteiger partial charge in [-0.3, -0.25) is 4.79 Å². The summed E-state index contributed by atoms with van der Waals surface area (Å²) in [7, 11) is 0. The van der Waals surface area contributed by atoms with Gasteiger partial charge in [0.2, 0.25) is 0 Å². The van der Waals surface area contributed by atoms with E-state index >= 15 is 0 Å². The van der Waals surface area contributed by atoms with Crippen molar-refractivity contribution in [1.29, 1.82) is 0 Å². The smallest absolute Gasteiger partial charge is 0.319 e. The van der Waals surface area contributed by atoms with Crippen molar-refractivity contribution in [3.05, 3.63) is 0 Å². The van der Waals surface area contributed by atoms with Crippen molar-refractivity contribution in [1.82, 2.24) is 0 Å². The van der Waals surface area contributed by atoms with E-state index in [2.05, 4.69) is 22.9 Å². The second-order valence-electron chi connectivity index (χ2n) is 3.10. The lowest BCUT2D eigenvalue weighted by atomic mass is 10.2. The predicted molar refractivity (Wildman–Crippen MR) is 53.5 cm³/mol. The third kappa shape index (κ3) is 5.58. The van der Waals surface area contributed by atoms with Gasteiger partial charge in [-0.25, -0.2) is 0 Å². The number of carbonyl (C=O) groups is 1. The zero-order valence-electron chi connectivity index (χ0n) is 7.97. The molecule has 0 aliphatic carbocycles. The van der Waals surface area contributed by atoms with E-state index in [1.807, 2.05) is 13.8 Å². The molecule has 0 saturated carbocycles. The molecular weight excluding hydrogens is 220 g/mol. The van der Waals surface area contributed by atoms with Crippen LogP contribution in [0.1, 0.15) is 40.0 Å². The Labute approximate surface area is 82.8 Å². The molecule has 0 aliphatic heterocycles. The first kappa shape index (κ1) is 11.9. The summed E-state index contributed by atoms with van der Waals surface area (Å²) < 4.78 is 5.02. The maximum atomic E-state index is 11.2. The van der Waals surface area contributed by atoms with Gasteiger partial charge in [-0.05, 0) is 20.3 Å². The first-order chi connectivity index (χ1) is 5.57. The molecule has 0 spiro atoms. The average molecular weight is 237 g/mol. The number of ether oxygens (including phenoxy) is 1. The van der Waals surface area contributed by atoms with Crippen LogP contribution in [0.4, 0.5) is 0 Å². The van der Waals surface area contributed by atoms with Gasteiger partial charge in [0.15, 0.2) is 0 Å². The molecule has 0 aromatic carbocycles. The van der Waals surface area contributed by atoms with E-state index in [4.69, 9.17) is 4.74 Å². The van der Waals surface area contributed by atoms with Crippen LogP contribution < -0.4 is 0 Å². The van der Waals surface area contributed by atoms with Crippen molar-refractivity contribution in [3.63, 3.8) is 0 Å². The average Bonchev–Trinajstić information content (AvgIpc) is 1.98. The van der Waals surface area contributed by atoms with Crippen molar-refractivity contribution in [2.75, 3.05) is 0 Å². The molecular formula is C9H17BrO2. The number of halogens is 1. The molecule has 0 bridgehead atoms. The van der Waals surface area contributed by atoms with Crippen LogP contribution in [-0.4, -0.2) is 16.9 Å². The van der Waals surface area contributed by atoms with Crippen LogP contribution in [0.15, 0.2) is 0 Å². The molecule has 0 saturated heterocycles. The summed E-state index contributed by atoms with van der Waals surface area (Å²) in [6.45, 7) is 5.82. The van der Waals surface area contributed by atoms with Crippen LogP contribution in [-0.2, 0) is 9.53 Å². The molecule has 1 atom stereocenters. The fourth-order valence-electron chi connectivity index (χ4n) is 0.807. The van der Waals surface area contributed by atoms with Crippen molar-refractivity contribution in [2.45, 2.75) is 51.0 Å². The Morgan fingerprint density at radius 3 is 2.50 bits per heavy atom. The van der Waals surface area contributed by atoms with E-state index in [1.165, 1.54) is 0 Å². The fourth-order valence-corrected chi connectivity index (χ4v) is 1.24. The van der Waals surface area contributed by atoms with Crippen LogP contribution in [0.3, 0.4) is 0 Å². The van der Waals surface area contributed by atoms with Crippen molar-refractivity contribution >= 4 is 21.9 Å². The van der Waals surface area contributed by atoms with Gasteiger partial charge in [0.05, 0.1) is 6.10 Å². The predicted octanol–water partition coefficient (Wildman–Crippen LogP) is 2.89. The highest BCUT2D eigenvalue weighted by Crippen LogP contribution is 2.12. The van der Waals surface area contributed by atoms with Gasteiger partial charge in [0, 0.05) is 0 Å². The minimum absolute atomic E-state index is 0.0147. The number of rotatable bonds is 5. The minimum atomic E-state index is -0.140. The number of carbonyl (C=O) groups excluding carboxylic acids is 1. The number of hydrogen-bond donors (Lipinski definition) is 0. The Kier molecular flexibility index (Phi) is 6.44. The number of hydrogen-bond acceptors (Lipinski definition) is 2. The first-order valence-electron chi connectivity index (χ1n) is 4.42. The lowest BCUT2D eigenvalue weighted by Crippen LogP contribution is -2.20. The van der Waals surface area contributed by atoms with E-state index in [-0.39, 0.29) is 16.9 Å². The van der Waals surface area contributed by atoms with Gasteiger partial charge in [0.25, 0.3) is 0 Å². The van der Waals surface area contributed by atoms with Crippen LogP contribution in [0, 0.1) is 0 Å². The molecule has 0 fully saturated rings. The lowest BCUT2D eigenvalue weighted by Gasteiger charge is -2.11. The highest BCUT2D eigenvalue weighted by atomic mass is 79.9. The Hall–Kier alpha value is -0.0500. The Bertz CT molecular complexity index is 134. The number of alkyl halides is 1. The van der Waals surface area contributed by atoms with Crippen molar-refractivity contribution in [3.8, 4) is 0 Å². The number of esters is 1. The third-order valence-corrected chi connectivity index (χ3v) is 2.25. The second kappa shape index (κ2) is 6.46. The first-order valence-corrected chi connectivity index (χ1v) is 5.34. The van der Waals surface area contributed by atoms with E-state index in [0.29, 0.717) is 0 Å². The molecule has 0 aliphatic rings. The monoisotopic (exact) mass is 236 g/mol. The van der Waals surface area contributed by atoms with E-state index in [1.54, 1.807) is 0 Å². The largest absolute Gasteiger partial charge is 0.462 e. The summed E-state index contributed by atoms with van der Waals surface area (Å²) in [4.78, 5) is 11.1. The van der Waals surface area contributed by atoms with Gasteiger partial charge in [-0.1, -0.05) is 35.7 Å². The van der Waals surface area contributed by atoms with Gasteiger partial charge in [0.1, 0.15) is 4.83 Å². The Morgan fingerprint density at radius 1 is 1.50 bits per heavy atom. The highest BCUT2D eigenvalue weighted by molar-refractivity contribution is 9.10. The summed E-state index contributed by atoms with van der Waals surface area (Å²) in [5, 5.41) is 0. The molecule has 12 heavy (non-hydrogen) atoms. The van der Waals surface area contributed by atoms with Gasteiger partial charge >= 0.3 is 5.97 Å². The summed E-state index contributed by atoms with van der Waals surface area (Å²) in [5.74, 6) is -0.140. The van der Waals surface area contributed by atoms with Crippen LogP contribution >= 0.6 is 15.9 Å². The van der Waals surface area contributed by atoms with Crippen molar-refractivity contribution in [2.24, 2.45) is 0 Å². The summed E-state index contributed by atoms with van der Waals surface area (Å²) in [5.41, 5.74) is 0. The third-order valence-electron chi connectivity index (χ3n) is 1.42. The molecule has 0 rings (SSSR count).